The SMILES string of the molecule is Cc1cccc(-c2n[nH]c(=S)n2CC(=O)Nc2ccc(NC(=O)C3CC3)cc2)c1. The molecule has 7 nitrogen and oxygen atoms in total. The summed E-state index contributed by atoms with van der Waals surface area (Å²) in [5, 5.41) is 12.8. The third-order valence-electron chi connectivity index (χ3n) is 4.72. The minimum Gasteiger partial charge on any atom is -0.326 e. The summed E-state index contributed by atoms with van der Waals surface area (Å²) in [7, 11) is 0. The fraction of sp³-hybridized carbons (Fsp3) is 0.238. The molecule has 0 spiro atoms. The Morgan fingerprint density at radius 1 is 1.14 bits per heavy atom. The topological polar surface area (TPSA) is 91.8 Å². The van der Waals surface area contributed by atoms with Gasteiger partial charge >= 0.3 is 0 Å². The highest BCUT2D eigenvalue weighted by Gasteiger charge is 2.29. The van der Waals surface area contributed by atoms with Gasteiger partial charge in [-0.2, -0.15) is 5.10 Å². The molecule has 3 aromatic rings. The second kappa shape index (κ2) is 8.00. The minimum absolute atomic E-state index is 0.0405. The van der Waals surface area contributed by atoms with E-state index in [0.717, 1.165) is 29.7 Å². The zero-order valence-corrected chi connectivity index (χ0v) is 16.8. The van der Waals surface area contributed by atoms with E-state index in [-0.39, 0.29) is 24.3 Å². The Bertz CT molecular complexity index is 1110. The summed E-state index contributed by atoms with van der Waals surface area (Å²) in [5.74, 6) is 0.606. The largest absolute Gasteiger partial charge is 0.326 e. The van der Waals surface area contributed by atoms with Crippen molar-refractivity contribution in [1.82, 2.24) is 14.8 Å². The van der Waals surface area contributed by atoms with Gasteiger partial charge in [-0.3, -0.25) is 19.3 Å². The number of H-pyrrole nitrogens is 1. The Labute approximate surface area is 173 Å². The van der Waals surface area contributed by atoms with Crippen LogP contribution in [0.4, 0.5) is 11.4 Å². The second-order valence-corrected chi connectivity index (χ2v) is 7.58. The first-order chi connectivity index (χ1) is 14.0. The van der Waals surface area contributed by atoms with Crippen LogP contribution in [-0.2, 0) is 16.1 Å². The van der Waals surface area contributed by atoms with Crippen LogP contribution in [0.5, 0.6) is 0 Å². The second-order valence-electron chi connectivity index (χ2n) is 7.20. The molecule has 8 heteroatoms. The van der Waals surface area contributed by atoms with Gasteiger partial charge in [0.1, 0.15) is 6.54 Å². The van der Waals surface area contributed by atoms with Gasteiger partial charge in [0, 0.05) is 22.9 Å². The lowest BCUT2D eigenvalue weighted by Crippen LogP contribution is -2.19. The normalized spacial score (nSPS) is 13.1. The number of amides is 2. The number of anilines is 2. The molecule has 2 amide bonds. The average molecular weight is 407 g/mol. The first kappa shape index (κ1) is 19.1. The molecule has 1 fully saturated rings. The fourth-order valence-electron chi connectivity index (χ4n) is 3.04. The van der Waals surface area contributed by atoms with E-state index in [1.165, 1.54) is 0 Å². The van der Waals surface area contributed by atoms with Crippen molar-refractivity contribution in [3.8, 4) is 11.4 Å². The molecular weight excluding hydrogens is 386 g/mol. The highest BCUT2D eigenvalue weighted by atomic mass is 32.1. The van der Waals surface area contributed by atoms with E-state index in [4.69, 9.17) is 12.2 Å². The Morgan fingerprint density at radius 3 is 2.48 bits per heavy atom. The van der Waals surface area contributed by atoms with E-state index >= 15 is 0 Å². The maximum atomic E-state index is 12.6. The van der Waals surface area contributed by atoms with Gasteiger partial charge in [0.05, 0.1) is 0 Å². The van der Waals surface area contributed by atoms with Crippen LogP contribution >= 0.6 is 12.2 Å². The van der Waals surface area contributed by atoms with Crippen molar-refractivity contribution in [2.45, 2.75) is 26.3 Å². The molecule has 0 aliphatic heterocycles. The van der Waals surface area contributed by atoms with Gasteiger partial charge in [-0.1, -0.05) is 23.8 Å². The van der Waals surface area contributed by atoms with Crippen molar-refractivity contribution in [3.63, 3.8) is 0 Å². The predicted molar refractivity (Wildman–Crippen MR) is 114 cm³/mol. The number of hydrogen-bond acceptors (Lipinski definition) is 4. The standard InChI is InChI=1S/C21H21N5O2S/c1-13-3-2-4-15(11-13)19-24-25-21(29)26(19)12-18(27)22-16-7-9-17(10-8-16)23-20(28)14-5-6-14/h2-4,7-11,14H,5-6,12H2,1H3,(H,22,27)(H,23,28)(H,25,29). The summed E-state index contributed by atoms with van der Waals surface area (Å²) in [6, 6.07) is 14.9. The number of carbonyl (C=O) groups is 2. The van der Waals surface area contributed by atoms with Crippen LogP contribution in [-0.4, -0.2) is 26.6 Å². The van der Waals surface area contributed by atoms with E-state index < -0.39 is 0 Å². The number of nitrogens with zero attached hydrogens (tertiary/aromatic N) is 2. The van der Waals surface area contributed by atoms with Crippen LogP contribution in [0.15, 0.2) is 48.5 Å². The number of carbonyl (C=O) groups excluding carboxylic acids is 2. The van der Waals surface area contributed by atoms with Crippen molar-refractivity contribution in [1.29, 1.82) is 0 Å². The number of aromatic amines is 1. The van der Waals surface area contributed by atoms with Crippen LogP contribution in [0.1, 0.15) is 18.4 Å². The van der Waals surface area contributed by atoms with Crippen molar-refractivity contribution in [2.75, 3.05) is 10.6 Å². The zero-order chi connectivity index (χ0) is 20.4. The molecule has 1 aromatic heterocycles. The van der Waals surface area contributed by atoms with E-state index in [9.17, 15) is 9.59 Å². The van der Waals surface area contributed by atoms with Gasteiger partial charge in [-0.15, -0.1) is 0 Å². The first-order valence-corrected chi connectivity index (χ1v) is 9.83. The predicted octanol–water partition coefficient (Wildman–Crippen LogP) is 3.90. The van der Waals surface area contributed by atoms with Gasteiger partial charge in [-0.25, -0.2) is 0 Å². The number of aromatic nitrogens is 3. The van der Waals surface area contributed by atoms with Gasteiger partial charge in [0.2, 0.25) is 11.8 Å². The Balaban J connectivity index is 1.43. The van der Waals surface area contributed by atoms with Crippen LogP contribution in [0.25, 0.3) is 11.4 Å². The summed E-state index contributed by atoms with van der Waals surface area (Å²) >= 11 is 5.30. The van der Waals surface area contributed by atoms with E-state index in [0.29, 0.717) is 16.3 Å². The van der Waals surface area contributed by atoms with Crippen LogP contribution in [0, 0.1) is 17.6 Å². The van der Waals surface area contributed by atoms with Crippen LogP contribution in [0.3, 0.4) is 0 Å². The first-order valence-electron chi connectivity index (χ1n) is 9.42. The molecule has 0 radical (unpaired) electrons. The third kappa shape index (κ3) is 4.60. The van der Waals surface area contributed by atoms with Gasteiger partial charge in [0.15, 0.2) is 10.6 Å². The molecule has 1 heterocycles. The van der Waals surface area contributed by atoms with Crippen LogP contribution < -0.4 is 10.6 Å². The Hall–Kier alpha value is -3.26. The lowest BCUT2D eigenvalue weighted by Gasteiger charge is -2.10. The molecule has 1 aliphatic carbocycles. The number of hydrogen-bond donors (Lipinski definition) is 3. The molecule has 3 N–H and O–H groups in total. The smallest absolute Gasteiger partial charge is 0.244 e. The molecule has 1 saturated carbocycles. The maximum absolute atomic E-state index is 12.6. The summed E-state index contributed by atoms with van der Waals surface area (Å²) in [6.45, 7) is 2.04. The molecule has 4 rings (SSSR count). The third-order valence-corrected chi connectivity index (χ3v) is 5.03. The molecule has 0 bridgehead atoms. The summed E-state index contributed by atoms with van der Waals surface area (Å²) < 4.78 is 2.05. The molecule has 148 valence electrons. The molecule has 29 heavy (non-hydrogen) atoms. The average Bonchev–Trinajstić information content (AvgIpc) is 3.49. The lowest BCUT2D eigenvalue weighted by atomic mass is 10.1. The molecule has 1 aliphatic rings. The van der Waals surface area contributed by atoms with E-state index in [1.807, 2.05) is 31.2 Å². The number of aryl methyl sites for hydroxylation is 1. The highest BCUT2D eigenvalue weighted by Crippen LogP contribution is 2.30. The van der Waals surface area contributed by atoms with Gasteiger partial charge in [0.25, 0.3) is 0 Å². The number of rotatable bonds is 6. The molecule has 0 atom stereocenters. The number of nitrogens with one attached hydrogen (secondary N) is 3. The van der Waals surface area contributed by atoms with Gasteiger partial charge < -0.3 is 10.6 Å². The molecule has 0 unspecified atom stereocenters. The van der Waals surface area contributed by atoms with E-state index in [2.05, 4.69) is 20.8 Å². The summed E-state index contributed by atoms with van der Waals surface area (Å²) in [5.41, 5.74) is 3.35. The molecular formula is C21H21N5O2S. The molecule has 0 saturated heterocycles. The van der Waals surface area contributed by atoms with Crippen molar-refractivity contribution in [2.24, 2.45) is 5.92 Å². The Kier molecular flexibility index (Phi) is 5.26. The Morgan fingerprint density at radius 2 is 1.83 bits per heavy atom. The van der Waals surface area contributed by atoms with Crippen molar-refractivity contribution >= 4 is 35.4 Å². The zero-order valence-electron chi connectivity index (χ0n) is 15.9. The highest BCUT2D eigenvalue weighted by molar-refractivity contribution is 7.71. The lowest BCUT2D eigenvalue weighted by molar-refractivity contribution is -0.117. The molecule has 2 aromatic carbocycles. The quantitative estimate of drug-likeness (QED) is 0.541. The fourth-order valence-corrected chi connectivity index (χ4v) is 3.24. The minimum atomic E-state index is -0.217. The van der Waals surface area contributed by atoms with Gasteiger partial charge in [-0.05, 0) is 62.3 Å². The summed E-state index contributed by atoms with van der Waals surface area (Å²) in [6.07, 6.45) is 1.92. The van der Waals surface area contributed by atoms with Crippen molar-refractivity contribution in [3.05, 3.63) is 58.9 Å². The monoisotopic (exact) mass is 407 g/mol. The van der Waals surface area contributed by atoms with E-state index in [1.54, 1.807) is 28.8 Å². The summed E-state index contributed by atoms with van der Waals surface area (Å²) in [4.78, 5) is 24.4. The number of benzene rings is 2. The van der Waals surface area contributed by atoms with Crippen LogP contribution in [0.2, 0.25) is 0 Å². The van der Waals surface area contributed by atoms with Crippen molar-refractivity contribution < 1.29 is 9.59 Å². The maximum Gasteiger partial charge on any atom is 0.244 e.